The molecule has 0 radical (unpaired) electrons. The second kappa shape index (κ2) is 7.32. The molecule has 0 bridgehead atoms. The van der Waals surface area contributed by atoms with E-state index in [-0.39, 0.29) is 47.0 Å². The van der Waals surface area contributed by atoms with Gasteiger partial charge in [-0.15, -0.1) is 0 Å². The summed E-state index contributed by atoms with van der Waals surface area (Å²) in [5.41, 5.74) is -5.63. The van der Waals surface area contributed by atoms with E-state index < -0.39 is 27.8 Å². The quantitative estimate of drug-likeness (QED) is 0.395. The Hall–Kier alpha value is -2.63. The first kappa shape index (κ1) is 21.1. The SMILES string of the molecule is COc1ccc(N2CCc3c(OS(=O)(=O)C(F)(F)F)cc(C)nc32)c(C(F)F)c1. The van der Waals surface area contributed by atoms with Crippen LogP contribution in [-0.2, 0) is 16.5 Å². The van der Waals surface area contributed by atoms with Crippen LogP contribution in [0.5, 0.6) is 11.5 Å². The Kier molecular flexibility index (Phi) is 5.32. The van der Waals surface area contributed by atoms with Gasteiger partial charge < -0.3 is 13.8 Å². The van der Waals surface area contributed by atoms with Crippen LogP contribution in [0.2, 0.25) is 0 Å². The molecule has 0 aliphatic carbocycles. The first-order valence-electron chi connectivity index (χ1n) is 8.19. The number of hydrogen-bond acceptors (Lipinski definition) is 6. The molecule has 0 spiro atoms. The van der Waals surface area contributed by atoms with Gasteiger partial charge in [0.2, 0.25) is 0 Å². The lowest BCUT2D eigenvalue weighted by Gasteiger charge is -2.23. The lowest BCUT2D eigenvalue weighted by molar-refractivity contribution is -0.0500. The average molecular weight is 438 g/mol. The number of rotatable bonds is 5. The molecule has 0 saturated carbocycles. The molecule has 29 heavy (non-hydrogen) atoms. The van der Waals surface area contributed by atoms with Gasteiger partial charge >= 0.3 is 15.6 Å². The van der Waals surface area contributed by atoms with Crippen LogP contribution in [0.4, 0.5) is 33.5 Å². The Morgan fingerprint density at radius 3 is 2.48 bits per heavy atom. The molecule has 3 rings (SSSR count). The minimum Gasteiger partial charge on any atom is -0.497 e. The van der Waals surface area contributed by atoms with Crippen LogP contribution in [-0.4, -0.2) is 32.6 Å². The number of aromatic nitrogens is 1. The van der Waals surface area contributed by atoms with Crippen molar-refractivity contribution in [3.8, 4) is 11.5 Å². The van der Waals surface area contributed by atoms with Crippen molar-refractivity contribution in [3.63, 3.8) is 0 Å². The van der Waals surface area contributed by atoms with E-state index in [1.54, 1.807) is 0 Å². The van der Waals surface area contributed by atoms with Crippen LogP contribution in [0.15, 0.2) is 24.3 Å². The average Bonchev–Trinajstić information content (AvgIpc) is 3.03. The third-order valence-corrected chi connectivity index (χ3v) is 5.24. The van der Waals surface area contributed by atoms with Gasteiger partial charge in [-0.2, -0.15) is 21.6 Å². The van der Waals surface area contributed by atoms with Crippen molar-refractivity contribution in [2.75, 3.05) is 18.6 Å². The van der Waals surface area contributed by atoms with E-state index in [9.17, 15) is 30.4 Å². The van der Waals surface area contributed by atoms with E-state index in [4.69, 9.17) is 4.74 Å². The second-order valence-electron chi connectivity index (χ2n) is 6.17. The number of anilines is 2. The minimum atomic E-state index is -5.88. The van der Waals surface area contributed by atoms with Crippen molar-refractivity contribution >= 4 is 21.6 Å². The molecule has 2 aromatic rings. The summed E-state index contributed by atoms with van der Waals surface area (Å²) in [6.07, 6.45) is -2.80. The molecule has 0 saturated heterocycles. The van der Waals surface area contributed by atoms with E-state index in [0.29, 0.717) is 0 Å². The Bertz CT molecular complexity index is 1040. The van der Waals surface area contributed by atoms with Gasteiger partial charge in [0.05, 0.1) is 12.8 Å². The summed E-state index contributed by atoms with van der Waals surface area (Å²) in [6, 6.07) is 5.06. The van der Waals surface area contributed by atoms with Crippen LogP contribution >= 0.6 is 0 Å². The zero-order valence-corrected chi connectivity index (χ0v) is 15.9. The lowest BCUT2D eigenvalue weighted by Crippen LogP contribution is -2.28. The fraction of sp³-hybridized carbons (Fsp3) is 0.353. The number of benzene rings is 1. The van der Waals surface area contributed by atoms with Gasteiger partial charge in [0.1, 0.15) is 11.6 Å². The molecule has 1 aliphatic rings. The number of ether oxygens (including phenoxy) is 1. The van der Waals surface area contributed by atoms with Crippen molar-refractivity contribution < 1.29 is 39.3 Å². The van der Waals surface area contributed by atoms with Crippen LogP contribution in [0.3, 0.4) is 0 Å². The number of fused-ring (bicyclic) bond motifs is 1. The smallest absolute Gasteiger partial charge is 0.497 e. The summed E-state index contributed by atoms with van der Waals surface area (Å²) in [6.45, 7) is 1.52. The highest BCUT2D eigenvalue weighted by molar-refractivity contribution is 7.88. The first-order valence-corrected chi connectivity index (χ1v) is 9.60. The summed E-state index contributed by atoms with van der Waals surface area (Å²) in [4.78, 5) is 5.59. The zero-order chi connectivity index (χ0) is 21.6. The Morgan fingerprint density at radius 2 is 1.90 bits per heavy atom. The third kappa shape index (κ3) is 3.93. The zero-order valence-electron chi connectivity index (χ0n) is 15.1. The molecular weight excluding hydrogens is 423 g/mol. The molecule has 1 aromatic heterocycles. The van der Waals surface area contributed by atoms with E-state index in [0.717, 1.165) is 12.1 Å². The lowest BCUT2D eigenvalue weighted by atomic mass is 10.1. The number of nitrogens with zero attached hydrogens (tertiary/aromatic N) is 2. The molecule has 158 valence electrons. The van der Waals surface area contributed by atoms with Crippen LogP contribution in [0.1, 0.15) is 23.2 Å². The minimum absolute atomic E-state index is 0.0556. The molecule has 0 unspecified atom stereocenters. The van der Waals surface area contributed by atoms with Gasteiger partial charge in [-0.1, -0.05) is 0 Å². The highest BCUT2D eigenvalue weighted by atomic mass is 32.2. The summed E-state index contributed by atoms with van der Waals surface area (Å²) in [7, 11) is -4.56. The summed E-state index contributed by atoms with van der Waals surface area (Å²) in [5.74, 6) is -0.259. The molecule has 6 nitrogen and oxygen atoms in total. The third-order valence-electron chi connectivity index (χ3n) is 4.27. The summed E-state index contributed by atoms with van der Waals surface area (Å²) in [5, 5.41) is 0. The molecule has 1 aromatic carbocycles. The monoisotopic (exact) mass is 438 g/mol. The van der Waals surface area contributed by atoms with Gasteiger partial charge in [-0.25, -0.2) is 13.8 Å². The number of halogens is 5. The van der Waals surface area contributed by atoms with Gasteiger partial charge in [0.25, 0.3) is 6.43 Å². The largest absolute Gasteiger partial charge is 0.534 e. The van der Waals surface area contributed by atoms with E-state index >= 15 is 0 Å². The van der Waals surface area contributed by atoms with Crippen molar-refractivity contribution in [2.45, 2.75) is 25.3 Å². The highest BCUT2D eigenvalue weighted by Gasteiger charge is 2.49. The van der Waals surface area contributed by atoms with Crippen molar-refractivity contribution in [2.24, 2.45) is 0 Å². The maximum atomic E-state index is 13.6. The van der Waals surface area contributed by atoms with Gasteiger partial charge in [-0.3, -0.25) is 0 Å². The highest BCUT2D eigenvalue weighted by Crippen LogP contribution is 2.43. The van der Waals surface area contributed by atoms with Crippen molar-refractivity contribution in [1.82, 2.24) is 4.98 Å². The Balaban J connectivity index is 2.09. The van der Waals surface area contributed by atoms with Crippen LogP contribution in [0, 0.1) is 6.92 Å². The van der Waals surface area contributed by atoms with Gasteiger partial charge in [0, 0.05) is 29.4 Å². The number of pyridine rings is 1. The van der Waals surface area contributed by atoms with E-state index in [1.165, 1.54) is 31.1 Å². The number of methoxy groups -OCH3 is 1. The van der Waals surface area contributed by atoms with Gasteiger partial charge in [-0.05, 0) is 31.5 Å². The molecule has 0 amide bonds. The Morgan fingerprint density at radius 1 is 1.21 bits per heavy atom. The molecular formula is C17H15F5N2O4S. The fourth-order valence-electron chi connectivity index (χ4n) is 3.00. The fourth-order valence-corrected chi connectivity index (χ4v) is 3.48. The van der Waals surface area contributed by atoms with Crippen LogP contribution in [0.25, 0.3) is 0 Å². The maximum absolute atomic E-state index is 13.6. The number of aryl methyl sites for hydroxylation is 1. The van der Waals surface area contributed by atoms with Gasteiger partial charge in [0.15, 0.2) is 5.75 Å². The molecule has 0 atom stereocenters. The molecule has 0 fully saturated rings. The normalized spacial score (nSPS) is 14.3. The summed E-state index contributed by atoms with van der Waals surface area (Å²) >= 11 is 0. The first-order chi connectivity index (χ1) is 13.4. The molecule has 12 heteroatoms. The number of hydrogen-bond donors (Lipinski definition) is 0. The van der Waals surface area contributed by atoms with E-state index in [2.05, 4.69) is 9.17 Å². The van der Waals surface area contributed by atoms with E-state index in [1.807, 2.05) is 0 Å². The molecule has 2 heterocycles. The predicted molar refractivity (Wildman–Crippen MR) is 93.2 cm³/mol. The second-order valence-corrected chi connectivity index (χ2v) is 7.71. The molecule has 0 N–H and O–H groups in total. The topological polar surface area (TPSA) is 68.7 Å². The summed E-state index contributed by atoms with van der Waals surface area (Å²) < 4.78 is 97.2. The Labute approximate surface area is 163 Å². The molecule has 1 aliphatic heterocycles. The van der Waals surface area contributed by atoms with Crippen LogP contribution < -0.4 is 13.8 Å². The maximum Gasteiger partial charge on any atom is 0.534 e. The number of alkyl halides is 5. The predicted octanol–water partition coefficient (Wildman–Crippen LogP) is 4.26. The van der Waals surface area contributed by atoms with Crippen molar-refractivity contribution in [3.05, 3.63) is 41.1 Å². The van der Waals surface area contributed by atoms with Crippen molar-refractivity contribution in [1.29, 1.82) is 0 Å². The standard InChI is InChI=1S/C17H15F5N2O4S/c1-9-7-14(28-29(25,26)17(20,21)22)11-5-6-24(16(11)23-9)13-4-3-10(27-2)8-12(13)15(18)19/h3-4,7-8,15H,5-6H2,1-2H3.